The van der Waals surface area contributed by atoms with E-state index in [2.05, 4.69) is 15.0 Å². The van der Waals surface area contributed by atoms with Crippen molar-refractivity contribution < 1.29 is 5.11 Å². The Kier molecular flexibility index (Phi) is 2.55. The summed E-state index contributed by atoms with van der Waals surface area (Å²) in [7, 11) is 0. The lowest BCUT2D eigenvalue weighted by atomic mass is 10.1. The lowest BCUT2D eigenvalue weighted by molar-refractivity contribution is 0.215. The Morgan fingerprint density at radius 2 is 2.07 bits per heavy atom. The van der Waals surface area contributed by atoms with Gasteiger partial charge < -0.3 is 10.8 Å². The van der Waals surface area contributed by atoms with Crippen molar-refractivity contribution in [1.82, 2.24) is 15.0 Å². The Labute approximate surface area is 86.6 Å². The number of hydrogen-bond donors (Lipinski definition) is 2. The first-order valence-electron chi connectivity index (χ1n) is 4.43. The fraction of sp³-hybridized carbons (Fsp3) is 0.100. The highest BCUT2D eigenvalue weighted by Gasteiger charge is 2.14. The zero-order valence-corrected chi connectivity index (χ0v) is 7.91. The van der Waals surface area contributed by atoms with Crippen molar-refractivity contribution in [2.24, 2.45) is 0 Å². The van der Waals surface area contributed by atoms with Crippen LogP contribution in [0.5, 0.6) is 0 Å². The van der Waals surface area contributed by atoms with Crippen LogP contribution in [-0.4, -0.2) is 20.1 Å². The molecule has 0 aliphatic carbocycles. The van der Waals surface area contributed by atoms with Crippen LogP contribution >= 0.6 is 0 Å². The van der Waals surface area contributed by atoms with Crippen LogP contribution in [0, 0.1) is 0 Å². The topological polar surface area (TPSA) is 84.9 Å². The maximum atomic E-state index is 9.95. The van der Waals surface area contributed by atoms with E-state index in [1.165, 1.54) is 12.4 Å². The van der Waals surface area contributed by atoms with E-state index >= 15 is 0 Å². The normalized spacial score (nSPS) is 12.3. The molecule has 1 atom stereocenters. The maximum absolute atomic E-state index is 9.95. The highest BCUT2D eigenvalue weighted by Crippen LogP contribution is 2.22. The molecular formula is C10H10N4O. The Balaban J connectivity index is 2.37. The van der Waals surface area contributed by atoms with Gasteiger partial charge in [0.2, 0.25) is 0 Å². The van der Waals surface area contributed by atoms with Crippen LogP contribution in [0.4, 0.5) is 5.82 Å². The van der Waals surface area contributed by atoms with Gasteiger partial charge in [0, 0.05) is 24.2 Å². The Hall–Kier alpha value is -2.01. The second-order valence-corrected chi connectivity index (χ2v) is 3.01. The molecule has 5 nitrogen and oxygen atoms in total. The molecule has 1 unspecified atom stereocenters. The van der Waals surface area contributed by atoms with Crippen LogP contribution < -0.4 is 5.73 Å². The number of nitrogen functional groups attached to an aromatic ring is 1. The van der Waals surface area contributed by atoms with Gasteiger partial charge in [0.1, 0.15) is 11.9 Å². The summed E-state index contributed by atoms with van der Waals surface area (Å²) in [5.41, 5.74) is 6.64. The van der Waals surface area contributed by atoms with E-state index in [-0.39, 0.29) is 0 Å². The third-order valence-corrected chi connectivity index (χ3v) is 2.03. The van der Waals surface area contributed by atoms with Crippen LogP contribution in [0.25, 0.3) is 0 Å². The van der Waals surface area contributed by atoms with Crippen LogP contribution in [-0.2, 0) is 0 Å². The molecule has 0 aliphatic heterocycles. The number of nitrogens with two attached hydrogens (primary N) is 1. The van der Waals surface area contributed by atoms with E-state index in [0.717, 1.165) is 0 Å². The van der Waals surface area contributed by atoms with Crippen molar-refractivity contribution in [2.75, 3.05) is 5.73 Å². The number of pyridine rings is 1. The van der Waals surface area contributed by atoms with E-state index in [1.54, 1.807) is 24.5 Å². The molecule has 0 amide bonds. The number of hydrogen-bond acceptors (Lipinski definition) is 5. The molecule has 0 spiro atoms. The summed E-state index contributed by atoms with van der Waals surface area (Å²) in [5.74, 6) is 0.302. The van der Waals surface area contributed by atoms with Gasteiger partial charge in [-0.3, -0.25) is 9.97 Å². The first-order valence-corrected chi connectivity index (χ1v) is 4.43. The summed E-state index contributed by atoms with van der Waals surface area (Å²) in [5, 5.41) is 9.95. The molecule has 2 rings (SSSR count). The fourth-order valence-electron chi connectivity index (χ4n) is 1.27. The number of aromatic nitrogens is 3. The van der Waals surface area contributed by atoms with Crippen molar-refractivity contribution in [1.29, 1.82) is 0 Å². The molecular weight excluding hydrogens is 192 g/mol. The highest BCUT2D eigenvalue weighted by molar-refractivity contribution is 5.42. The molecule has 2 heterocycles. The molecule has 0 aromatic carbocycles. The van der Waals surface area contributed by atoms with Gasteiger partial charge in [-0.1, -0.05) is 6.07 Å². The molecule has 2 aromatic heterocycles. The van der Waals surface area contributed by atoms with Crippen LogP contribution in [0.2, 0.25) is 0 Å². The van der Waals surface area contributed by atoms with E-state index in [0.29, 0.717) is 17.1 Å². The van der Waals surface area contributed by atoms with Crippen molar-refractivity contribution >= 4 is 5.82 Å². The average Bonchev–Trinajstić information content (AvgIpc) is 2.30. The second kappa shape index (κ2) is 4.02. The van der Waals surface area contributed by atoms with Crippen LogP contribution in [0.15, 0.2) is 36.9 Å². The van der Waals surface area contributed by atoms with Gasteiger partial charge in [0.25, 0.3) is 0 Å². The minimum Gasteiger partial charge on any atom is -0.383 e. The van der Waals surface area contributed by atoms with Gasteiger partial charge in [0.15, 0.2) is 0 Å². The summed E-state index contributed by atoms with van der Waals surface area (Å²) in [6, 6.07) is 3.42. The van der Waals surface area contributed by atoms with Gasteiger partial charge >= 0.3 is 0 Å². The minimum atomic E-state index is -0.882. The number of aliphatic hydroxyl groups excluding tert-OH is 1. The van der Waals surface area contributed by atoms with Gasteiger partial charge in [0.05, 0.1) is 11.9 Å². The van der Waals surface area contributed by atoms with Gasteiger partial charge in [-0.05, 0) is 6.07 Å². The van der Waals surface area contributed by atoms with E-state index in [4.69, 9.17) is 5.73 Å². The zero-order chi connectivity index (χ0) is 10.7. The Morgan fingerprint density at radius 1 is 1.20 bits per heavy atom. The Morgan fingerprint density at radius 3 is 2.73 bits per heavy atom. The standard InChI is InChI=1S/C10H10N4O/c11-10-7(2-1-3-14-10)9(15)8-6-12-4-5-13-8/h1-6,9,15H,(H2,11,14). The number of anilines is 1. The summed E-state index contributed by atoms with van der Waals surface area (Å²) in [4.78, 5) is 11.8. The van der Waals surface area contributed by atoms with E-state index in [9.17, 15) is 5.11 Å². The lowest BCUT2D eigenvalue weighted by Gasteiger charge is -2.10. The first-order chi connectivity index (χ1) is 7.29. The highest BCUT2D eigenvalue weighted by atomic mass is 16.3. The molecule has 3 N–H and O–H groups in total. The van der Waals surface area contributed by atoms with Crippen molar-refractivity contribution in [3.05, 3.63) is 48.2 Å². The molecule has 0 saturated heterocycles. The summed E-state index contributed by atoms with van der Waals surface area (Å²) < 4.78 is 0. The molecule has 0 bridgehead atoms. The first kappa shape index (κ1) is 9.54. The molecule has 0 radical (unpaired) electrons. The van der Waals surface area contributed by atoms with E-state index < -0.39 is 6.10 Å². The zero-order valence-electron chi connectivity index (χ0n) is 7.91. The second-order valence-electron chi connectivity index (χ2n) is 3.01. The summed E-state index contributed by atoms with van der Waals surface area (Å²) in [6.07, 6.45) is 5.25. The third kappa shape index (κ3) is 1.92. The van der Waals surface area contributed by atoms with Crippen molar-refractivity contribution in [2.45, 2.75) is 6.10 Å². The molecule has 0 saturated carbocycles. The number of nitrogens with zero attached hydrogens (tertiary/aromatic N) is 3. The molecule has 0 fully saturated rings. The maximum Gasteiger partial charge on any atom is 0.129 e. The number of rotatable bonds is 2. The van der Waals surface area contributed by atoms with Gasteiger partial charge in [-0.2, -0.15) is 0 Å². The molecule has 2 aromatic rings. The van der Waals surface area contributed by atoms with Crippen molar-refractivity contribution in [3.63, 3.8) is 0 Å². The smallest absolute Gasteiger partial charge is 0.129 e. The molecule has 0 aliphatic rings. The van der Waals surface area contributed by atoms with Crippen LogP contribution in [0.3, 0.4) is 0 Å². The monoisotopic (exact) mass is 202 g/mol. The lowest BCUT2D eigenvalue weighted by Crippen LogP contribution is -2.06. The summed E-state index contributed by atoms with van der Waals surface area (Å²) in [6.45, 7) is 0. The Bertz CT molecular complexity index is 446. The van der Waals surface area contributed by atoms with Gasteiger partial charge in [-0.25, -0.2) is 4.98 Å². The molecule has 5 heteroatoms. The number of aliphatic hydroxyl groups is 1. The fourth-order valence-corrected chi connectivity index (χ4v) is 1.27. The van der Waals surface area contributed by atoms with Crippen molar-refractivity contribution in [3.8, 4) is 0 Å². The molecule has 15 heavy (non-hydrogen) atoms. The quantitative estimate of drug-likeness (QED) is 0.742. The predicted molar refractivity (Wildman–Crippen MR) is 54.7 cm³/mol. The average molecular weight is 202 g/mol. The van der Waals surface area contributed by atoms with Crippen LogP contribution in [0.1, 0.15) is 17.4 Å². The molecule has 76 valence electrons. The third-order valence-electron chi connectivity index (χ3n) is 2.03. The SMILES string of the molecule is Nc1ncccc1C(O)c1cnccn1. The van der Waals surface area contributed by atoms with Gasteiger partial charge in [-0.15, -0.1) is 0 Å². The summed E-state index contributed by atoms with van der Waals surface area (Å²) >= 11 is 0. The predicted octanol–water partition coefficient (Wildman–Crippen LogP) is 0.536. The minimum absolute atomic E-state index is 0.302. The largest absolute Gasteiger partial charge is 0.383 e. The van der Waals surface area contributed by atoms with E-state index in [1.807, 2.05) is 0 Å².